The monoisotopic (exact) mass is 402 g/mol. The number of likely N-dealkylation sites (tertiary alicyclic amines) is 1. The Morgan fingerprint density at radius 1 is 1.32 bits per heavy atom. The number of aromatic nitrogens is 2. The minimum absolute atomic E-state index is 0.0323. The molecule has 6 nitrogen and oxygen atoms in total. The fourth-order valence-electron chi connectivity index (χ4n) is 3.30. The summed E-state index contributed by atoms with van der Waals surface area (Å²) in [6.45, 7) is 9.58. The number of piperidine rings is 1. The first kappa shape index (κ1) is 20.9. The summed E-state index contributed by atoms with van der Waals surface area (Å²) in [5, 5.41) is 7.18. The smallest absolute Gasteiger partial charge is 0.241 e. The number of nitrogens with one attached hydrogen (secondary N) is 1. The summed E-state index contributed by atoms with van der Waals surface area (Å²) in [5.74, 6) is 2.34. The van der Waals surface area contributed by atoms with Gasteiger partial charge < -0.3 is 9.84 Å². The van der Waals surface area contributed by atoms with E-state index in [4.69, 9.17) is 4.52 Å². The maximum absolute atomic E-state index is 12.5. The van der Waals surface area contributed by atoms with Crippen LogP contribution in [0, 0.1) is 5.92 Å². The number of rotatable bonds is 7. The number of carbonyl (C=O) groups is 1. The lowest BCUT2D eigenvalue weighted by atomic mass is 9.97. The third-order valence-electron chi connectivity index (χ3n) is 4.67. The van der Waals surface area contributed by atoms with E-state index in [9.17, 15) is 4.79 Å². The van der Waals surface area contributed by atoms with Crippen molar-refractivity contribution < 1.29 is 9.32 Å². The van der Waals surface area contributed by atoms with Gasteiger partial charge in [0.05, 0.1) is 12.5 Å². The Balaban J connectivity index is 1.47. The molecule has 1 amide bonds. The van der Waals surface area contributed by atoms with E-state index in [2.05, 4.69) is 41.1 Å². The van der Waals surface area contributed by atoms with E-state index >= 15 is 0 Å². The topological polar surface area (TPSA) is 71.3 Å². The van der Waals surface area contributed by atoms with Gasteiger partial charge in [-0.25, -0.2) is 0 Å². The minimum atomic E-state index is 0.0323. The van der Waals surface area contributed by atoms with Crippen molar-refractivity contribution in [2.45, 2.75) is 44.9 Å². The van der Waals surface area contributed by atoms with Gasteiger partial charge in [-0.3, -0.25) is 9.69 Å². The van der Waals surface area contributed by atoms with Crippen molar-refractivity contribution in [2.24, 2.45) is 5.92 Å². The molecule has 1 atom stereocenters. The molecule has 0 spiro atoms. The molecule has 2 aromatic rings. The Morgan fingerprint density at radius 2 is 2.11 bits per heavy atom. The second-order valence-corrected chi connectivity index (χ2v) is 10.1. The highest BCUT2D eigenvalue weighted by molar-refractivity contribution is 8.00. The largest absolute Gasteiger partial charge is 0.355 e. The molecule has 1 aromatic carbocycles. The predicted molar refractivity (Wildman–Crippen MR) is 113 cm³/mol. The van der Waals surface area contributed by atoms with Crippen molar-refractivity contribution in [2.75, 3.05) is 25.4 Å². The predicted octanol–water partition coefficient (Wildman–Crippen LogP) is 3.60. The van der Waals surface area contributed by atoms with Crippen LogP contribution in [-0.2, 0) is 11.3 Å². The first-order chi connectivity index (χ1) is 13.4. The maximum Gasteiger partial charge on any atom is 0.241 e. The van der Waals surface area contributed by atoms with Crippen molar-refractivity contribution >= 4 is 17.7 Å². The molecule has 0 bridgehead atoms. The van der Waals surface area contributed by atoms with E-state index in [0.29, 0.717) is 18.3 Å². The number of benzene rings is 1. The molecule has 1 aromatic heterocycles. The van der Waals surface area contributed by atoms with Gasteiger partial charge >= 0.3 is 0 Å². The van der Waals surface area contributed by atoms with Gasteiger partial charge in [0.15, 0.2) is 0 Å². The molecule has 7 heteroatoms. The van der Waals surface area contributed by atoms with Crippen LogP contribution in [0.4, 0.5) is 0 Å². The molecule has 1 aliphatic rings. The molecule has 0 aliphatic carbocycles. The summed E-state index contributed by atoms with van der Waals surface area (Å²) in [6.07, 6.45) is 1.95. The summed E-state index contributed by atoms with van der Waals surface area (Å²) in [6, 6.07) is 9.81. The minimum Gasteiger partial charge on any atom is -0.355 e. The molecule has 28 heavy (non-hydrogen) atoms. The highest BCUT2D eigenvalue weighted by Crippen LogP contribution is 2.23. The van der Waals surface area contributed by atoms with Crippen molar-refractivity contribution in [3.63, 3.8) is 0 Å². The molecule has 2 heterocycles. The lowest BCUT2D eigenvalue weighted by molar-refractivity contribution is -0.126. The van der Waals surface area contributed by atoms with E-state index in [-0.39, 0.29) is 16.6 Å². The van der Waals surface area contributed by atoms with Gasteiger partial charge in [-0.1, -0.05) is 56.3 Å². The lowest BCUT2D eigenvalue weighted by Gasteiger charge is -2.31. The molecule has 152 valence electrons. The lowest BCUT2D eigenvalue weighted by Crippen LogP contribution is -2.43. The fraction of sp³-hybridized carbons (Fsp3) is 0.571. The summed E-state index contributed by atoms with van der Waals surface area (Å²) in [7, 11) is 0. The Labute approximate surface area is 171 Å². The summed E-state index contributed by atoms with van der Waals surface area (Å²) < 4.78 is 5.65. The molecular weight excluding hydrogens is 372 g/mol. The van der Waals surface area contributed by atoms with Crippen LogP contribution in [0.5, 0.6) is 0 Å². The van der Waals surface area contributed by atoms with Gasteiger partial charge in [-0.2, -0.15) is 16.7 Å². The molecule has 0 radical (unpaired) electrons. The van der Waals surface area contributed by atoms with Crippen LogP contribution in [0.25, 0.3) is 11.4 Å². The maximum atomic E-state index is 12.5. The van der Waals surface area contributed by atoms with Gasteiger partial charge in [0.25, 0.3) is 0 Å². The number of carbonyl (C=O) groups excluding carboxylic acids is 1. The molecule has 3 rings (SSSR count). The van der Waals surface area contributed by atoms with Gasteiger partial charge in [0.1, 0.15) is 0 Å². The van der Waals surface area contributed by atoms with Crippen LogP contribution in [0.2, 0.25) is 0 Å². The van der Waals surface area contributed by atoms with Crippen LogP contribution in [0.15, 0.2) is 34.9 Å². The van der Waals surface area contributed by atoms with Gasteiger partial charge in [0, 0.05) is 29.2 Å². The molecule has 1 unspecified atom stereocenters. The Bertz CT molecular complexity index is 757. The van der Waals surface area contributed by atoms with Crippen LogP contribution in [0.3, 0.4) is 0 Å². The molecule has 1 aliphatic heterocycles. The van der Waals surface area contributed by atoms with Crippen molar-refractivity contribution in [3.05, 3.63) is 36.2 Å². The zero-order chi connectivity index (χ0) is 20.0. The Morgan fingerprint density at radius 3 is 2.86 bits per heavy atom. The summed E-state index contributed by atoms with van der Waals surface area (Å²) >= 11 is 1.87. The summed E-state index contributed by atoms with van der Waals surface area (Å²) in [5.41, 5.74) is 0.946. The SMILES string of the molecule is CC(C)(C)SCCNC(=O)C1CCCN(Cc2nc(-c3ccccc3)no2)C1. The molecular formula is C21H30N4O2S. The van der Waals surface area contributed by atoms with Crippen LogP contribution < -0.4 is 5.32 Å². The average molecular weight is 403 g/mol. The normalized spacial score (nSPS) is 18.2. The van der Waals surface area contributed by atoms with E-state index in [1.165, 1.54) is 0 Å². The molecule has 1 N–H and O–H groups in total. The highest BCUT2D eigenvalue weighted by atomic mass is 32.2. The Hall–Kier alpha value is -1.86. The second kappa shape index (κ2) is 9.56. The number of thioether (sulfide) groups is 1. The van der Waals surface area contributed by atoms with Crippen molar-refractivity contribution in [1.29, 1.82) is 0 Å². The Kier molecular flexibility index (Phi) is 7.13. The average Bonchev–Trinajstić information content (AvgIpc) is 3.14. The van der Waals surface area contributed by atoms with Crippen molar-refractivity contribution in [3.8, 4) is 11.4 Å². The van der Waals surface area contributed by atoms with Crippen LogP contribution >= 0.6 is 11.8 Å². The third-order valence-corrected chi connectivity index (χ3v) is 5.95. The standard InChI is InChI=1S/C21H30N4O2S/c1-21(2,3)28-13-11-22-20(26)17-10-7-12-25(14-17)15-18-23-19(24-27-18)16-8-5-4-6-9-16/h4-6,8-9,17H,7,10-15H2,1-3H3,(H,22,26). The molecule has 1 saturated heterocycles. The number of amides is 1. The first-order valence-electron chi connectivity index (χ1n) is 9.93. The number of nitrogens with zero attached hydrogens (tertiary/aromatic N) is 3. The number of hydrogen-bond acceptors (Lipinski definition) is 6. The second-order valence-electron chi connectivity index (χ2n) is 8.20. The van der Waals surface area contributed by atoms with E-state index < -0.39 is 0 Å². The van der Waals surface area contributed by atoms with E-state index in [0.717, 1.165) is 43.8 Å². The van der Waals surface area contributed by atoms with Crippen LogP contribution in [-0.4, -0.2) is 51.1 Å². The van der Waals surface area contributed by atoms with Crippen molar-refractivity contribution in [1.82, 2.24) is 20.4 Å². The van der Waals surface area contributed by atoms with E-state index in [1.54, 1.807) is 0 Å². The van der Waals surface area contributed by atoms with E-state index in [1.807, 2.05) is 42.1 Å². The van der Waals surface area contributed by atoms with Crippen LogP contribution in [0.1, 0.15) is 39.5 Å². The molecule has 0 saturated carbocycles. The van der Waals surface area contributed by atoms with Gasteiger partial charge in [0.2, 0.25) is 17.6 Å². The van der Waals surface area contributed by atoms with Gasteiger partial charge in [-0.05, 0) is 19.4 Å². The zero-order valence-electron chi connectivity index (χ0n) is 17.0. The quantitative estimate of drug-likeness (QED) is 0.714. The summed E-state index contributed by atoms with van der Waals surface area (Å²) in [4.78, 5) is 19.3. The third kappa shape index (κ3) is 6.34. The highest BCUT2D eigenvalue weighted by Gasteiger charge is 2.26. The van der Waals surface area contributed by atoms with Gasteiger partial charge in [-0.15, -0.1) is 0 Å². The number of hydrogen-bond donors (Lipinski definition) is 1. The zero-order valence-corrected chi connectivity index (χ0v) is 17.8. The first-order valence-corrected chi connectivity index (χ1v) is 10.9. The fourth-order valence-corrected chi connectivity index (χ4v) is 4.12. The molecule has 1 fully saturated rings.